The molecule has 0 N–H and O–H groups in total. The second kappa shape index (κ2) is 7.66. The van der Waals surface area contributed by atoms with Crippen LogP contribution in [0.15, 0.2) is 18.2 Å². The van der Waals surface area contributed by atoms with Crippen molar-refractivity contribution in [3.8, 4) is 0 Å². The smallest absolute Gasteiger partial charge is 0.410 e. The van der Waals surface area contributed by atoms with Crippen molar-refractivity contribution in [3.63, 3.8) is 0 Å². The molecule has 0 aromatic heterocycles. The molecular weight excluding hydrogens is 290 g/mol. The van der Waals surface area contributed by atoms with E-state index < -0.39 is 5.60 Å². The van der Waals surface area contributed by atoms with Crippen LogP contribution in [-0.4, -0.2) is 36.9 Å². The van der Waals surface area contributed by atoms with E-state index in [1.54, 1.807) is 12.0 Å². The third-order valence-corrected chi connectivity index (χ3v) is 3.14. The van der Waals surface area contributed by atoms with Gasteiger partial charge in [-0.25, -0.2) is 4.79 Å². The van der Waals surface area contributed by atoms with Crippen molar-refractivity contribution in [3.05, 3.63) is 34.3 Å². The van der Waals surface area contributed by atoms with E-state index in [4.69, 9.17) is 21.1 Å². The van der Waals surface area contributed by atoms with E-state index in [0.29, 0.717) is 24.7 Å². The van der Waals surface area contributed by atoms with Crippen molar-refractivity contribution in [2.75, 3.05) is 20.3 Å². The summed E-state index contributed by atoms with van der Waals surface area (Å²) in [4.78, 5) is 13.9. The molecule has 0 heterocycles. The number of benzene rings is 1. The minimum Gasteiger partial charge on any atom is -0.444 e. The first-order valence-electron chi connectivity index (χ1n) is 6.95. The van der Waals surface area contributed by atoms with Crippen LogP contribution < -0.4 is 0 Å². The molecule has 1 rings (SSSR count). The van der Waals surface area contributed by atoms with E-state index in [-0.39, 0.29) is 6.09 Å². The molecule has 0 bridgehead atoms. The van der Waals surface area contributed by atoms with Crippen LogP contribution >= 0.6 is 11.6 Å². The monoisotopic (exact) mass is 313 g/mol. The fraction of sp³-hybridized carbons (Fsp3) is 0.562. The molecule has 1 amide bonds. The largest absolute Gasteiger partial charge is 0.444 e. The number of hydrogen-bond acceptors (Lipinski definition) is 3. The zero-order chi connectivity index (χ0) is 16.0. The fourth-order valence-corrected chi connectivity index (χ4v) is 2.04. The van der Waals surface area contributed by atoms with Crippen LogP contribution in [0.2, 0.25) is 5.02 Å². The Balaban J connectivity index is 2.84. The number of ether oxygens (including phenoxy) is 2. The van der Waals surface area contributed by atoms with Gasteiger partial charge in [0.25, 0.3) is 0 Å². The molecule has 0 saturated heterocycles. The SMILES string of the molecule is COCCN(Cc1ccc(C)cc1Cl)C(=O)OC(C)(C)C. The highest BCUT2D eigenvalue weighted by Crippen LogP contribution is 2.20. The van der Waals surface area contributed by atoms with Gasteiger partial charge >= 0.3 is 6.09 Å². The summed E-state index contributed by atoms with van der Waals surface area (Å²) in [5, 5.41) is 0.654. The number of carbonyl (C=O) groups excluding carboxylic acids is 1. The summed E-state index contributed by atoms with van der Waals surface area (Å²) in [6.45, 7) is 8.82. The Morgan fingerprint density at radius 2 is 2.00 bits per heavy atom. The predicted molar refractivity (Wildman–Crippen MR) is 84.7 cm³/mol. The second-order valence-electron chi connectivity index (χ2n) is 5.99. The minimum atomic E-state index is -0.528. The van der Waals surface area contributed by atoms with Crippen LogP contribution in [0, 0.1) is 6.92 Å². The van der Waals surface area contributed by atoms with E-state index in [1.165, 1.54) is 0 Å². The molecule has 118 valence electrons. The second-order valence-corrected chi connectivity index (χ2v) is 6.40. The molecule has 0 aliphatic heterocycles. The van der Waals surface area contributed by atoms with Crippen LogP contribution in [-0.2, 0) is 16.0 Å². The van der Waals surface area contributed by atoms with Gasteiger partial charge in [-0.15, -0.1) is 0 Å². The molecular formula is C16H24ClNO3. The van der Waals surface area contributed by atoms with Gasteiger partial charge < -0.3 is 14.4 Å². The molecule has 1 aromatic carbocycles. The highest BCUT2D eigenvalue weighted by atomic mass is 35.5. The van der Waals surface area contributed by atoms with Crippen LogP contribution in [0.4, 0.5) is 4.79 Å². The Bertz CT molecular complexity index is 483. The molecule has 0 aliphatic rings. The lowest BCUT2D eigenvalue weighted by atomic mass is 10.1. The van der Waals surface area contributed by atoms with Crippen molar-refractivity contribution in [1.29, 1.82) is 0 Å². The maximum absolute atomic E-state index is 12.3. The highest BCUT2D eigenvalue weighted by Gasteiger charge is 2.22. The van der Waals surface area contributed by atoms with Gasteiger partial charge in [0.2, 0.25) is 0 Å². The average molecular weight is 314 g/mol. The number of carbonyl (C=O) groups is 1. The molecule has 0 saturated carbocycles. The van der Waals surface area contributed by atoms with Crippen molar-refractivity contribution < 1.29 is 14.3 Å². The standard InChI is InChI=1S/C16H24ClNO3/c1-12-6-7-13(14(17)10-12)11-18(8-9-20-5)15(19)21-16(2,3)4/h6-7,10H,8-9,11H2,1-5H3. The van der Waals surface area contributed by atoms with Gasteiger partial charge in [0.15, 0.2) is 0 Å². The molecule has 0 radical (unpaired) electrons. The van der Waals surface area contributed by atoms with E-state index >= 15 is 0 Å². The Labute approximate surface area is 132 Å². The molecule has 5 heteroatoms. The van der Waals surface area contributed by atoms with Crippen LogP contribution in [0.1, 0.15) is 31.9 Å². The van der Waals surface area contributed by atoms with E-state index in [9.17, 15) is 4.79 Å². The number of amides is 1. The predicted octanol–water partition coefficient (Wildman–Crippen LogP) is 4.03. The average Bonchev–Trinajstić information content (AvgIpc) is 2.34. The van der Waals surface area contributed by atoms with Gasteiger partial charge in [-0.1, -0.05) is 23.7 Å². The maximum atomic E-state index is 12.3. The van der Waals surface area contributed by atoms with Gasteiger partial charge in [0, 0.05) is 18.7 Å². The summed E-state index contributed by atoms with van der Waals surface area (Å²) in [5.41, 5.74) is 1.45. The molecule has 1 aromatic rings. The topological polar surface area (TPSA) is 38.8 Å². The summed E-state index contributed by atoms with van der Waals surface area (Å²) < 4.78 is 10.5. The summed E-state index contributed by atoms with van der Waals surface area (Å²) in [5.74, 6) is 0. The lowest BCUT2D eigenvalue weighted by molar-refractivity contribution is 0.0184. The summed E-state index contributed by atoms with van der Waals surface area (Å²) >= 11 is 6.24. The first kappa shape index (κ1) is 17.8. The third kappa shape index (κ3) is 6.36. The zero-order valence-corrected chi connectivity index (χ0v) is 14.2. The molecule has 0 aliphatic carbocycles. The van der Waals surface area contributed by atoms with Crippen molar-refractivity contribution in [2.45, 2.75) is 39.8 Å². The Morgan fingerprint density at radius 3 is 2.52 bits per heavy atom. The van der Waals surface area contributed by atoms with Crippen molar-refractivity contribution in [2.24, 2.45) is 0 Å². The highest BCUT2D eigenvalue weighted by molar-refractivity contribution is 6.31. The molecule has 0 spiro atoms. The Hall–Kier alpha value is -1.26. The van der Waals surface area contributed by atoms with Crippen molar-refractivity contribution >= 4 is 17.7 Å². The van der Waals surface area contributed by atoms with E-state index in [1.807, 2.05) is 45.9 Å². The van der Waals surface area contributed by atoms with Crippen LogP contribution in [0.5, 0.6) is 0 Å². The summed E-state index contributed by atoms with van der Waals surface area (Å²) in [6.07, 6.45) is -0.365. The number of methoxy groups -OCH3 is 1. The van der Waals surface area contributed by atoms with Gasteiger partial charge in [-0.05, 0) is 44.9 Å². The minimum absolute atomic E-state index is 0.365. The Kier molecular flexibility index (Phi) is 6.49. The van der Waals surface area contributed by atoms with E-state index in [0.717, 1.165) is 11.1 Å². The lowest BCUT2D eigenvalue weighted by Gasteiger charge is -2.27. The number of hydrogen-bond donors (Lipinski definition) is 0. The normalized spacial score (nSPS) is 11.3. The number of halogens is 1. The van der Waals surface area contributed by atoms with Crippen LogP contribution in [0.25, 0.3) is 0 Å². The molecule has 21 heavy (non-hydrogen) atoms. The maximum Gasteiger partial charge on any atom is 0.410 e. The number of rotatable bonds is 5. The summed E-state index contributed by atoms with van der Waals surface area (Å²) in [7, 11) is 1.60. The van der Waals surface area contributed by atoms with E-state index in [2.05, 4.69) is 0 Å². The number of nitrogens with zero attached hydrogens (tertiary/aromatic N) is 1. The van der Waals surface area contributed by atoms with Gasteiger partial charge in [0.05, 0.1) is 13.2 Å². The van der Waals surface area contributed by atoms with Gasteiger partial charge in [-0.3, -0.25) is 0 Å². The molecule has 4 nitrogen and oxygen atoms in total. The molecule has 0 fully saturated rings. The summed E-state index contributed by atoms with van der Waals surface area (Å²) in [6, 6.07) is 5.80. The van der Waals surface area contributed by atoms with Crippen LogP contribution in [0.3, 0.4) is 0 Å². The van der Waals surface area contributed by atoms with Gasteiger partial charge in [0.1, 0.15) is 5.60 Å². The molecule has 0 unspecified atom stereocenters. The Morgan fingerprint density at radius 1 is 1.33 bits per heavy atom. The third-order valence-electron chi connectivity index (χ3n) is 2.79. The zero-order valence-electron chi connectivity index (χ0n) is 13.4. The first-order chi connectivity index (χ1) is 9.73. The first-order valence-corrected chi connectivity index (χ1v) is 7.32. The lowest BCUT2D eigenvalue weighted by Crippen LogP contribution is -2.38. The number of aryl methyl sites for hydroxylation is 1. The fourth-order valence-electron chi connectivity index (χ4n) is 1.75. The van der Waals surface area contributed by atoms with Gasteiger partial charge in [-0.2, -0.15) is 0 Å². The van der Waals surface area contributed by atoms with Crippen molar-refractivity contribution in [1.82, 2.24) is 4.90 Å². The molecule has 0 atom stereocenters. The quantitative estimate of drug-likeness (QED) is 0.823.